The van der Waals surface area contributed by atoms with E-state index in [1.54, 1.807) is 0 Å². The Morgan fingerprint density at radius 1 is 0.830 bits per heavy atom. The summed E-state index contributed by atoms with van der Waals surface area (Å²) in [5.74, 6) is 5.00. The zero-order valence-corrected chi connectivity index (χ0v) is 29.1. The Labute approximate surface area is 286 Å². The second kappa shape index (κ2) is 17.0. The van der Waals surface area contributed by atoms with E-state index in [4.69, 9.17) is 24.8 Å². The predicted molar refractivity (Wildman–Crippen MR) is 187 cm³/mol. The molecule has 6 fully saturated rings. The Hall–Kier alpha value is -2.10. The predicted octanol–water partition coefficient (Wildman–Crippen LogP) is 8.40. The van der Waals surface area contributed by atoms with E-state index in [1.165, 1.54) is 56.1 Å². The molecule has 47 heavy (non-hydrogen) atoms. The Kier molecular flexibility index (Phi) is 12.6. The average molecular weight is 665 g/mol. The SMILES string of the molecule is Cc1ccc(SO)cc1.NC(=O)C1CCN(CCCCOc2ccc(C3CCC(OOC4C5CC6CC(C5)CC4C6)CC3)cc2)CC1. The van der Waals surface area contributed by atoms with Crippen molar-refractivity contribution in [3.63, 3.8) is 0 Å². The summed E-state index contributed by atoms with van der Waals surface area (Å²) in [7, 11) is 0. The minimum Gasteiger partial charge on any atom is -0.494 e. The maximum absolute atomic E-state index is 11.3. The van der Waals surface area contributed by atoms with Crippen LogP contribution in [0.3, 0.4) is 0 Å². The van der Waals surface area contributed by atoms with Gasteiger partial charge in [-0.3, -0.25) is 4.79 Å². The third kappa shape index (κ3) is 9.75. The number of rotatable bonds is 12. The second-order valence-electron chi connectivity index (χ2n) is 15.1. The van der Waals surface area contributed by atoms with E-state index >= 15 is 0 Å². The molecule has 0 atom stereocenters. The lowest BCUT2D eigenvalue weighted by molar-refractivity contribution is -0.383. The number of carbonyl (C=O) groups excluding carboxylic acids is 1. The fourth-order valence-electron chi connectivity index (χ4n) is 9.17. The van der Waals surface area contributed by atoms with E-state index < -0.39 is 0 Å². The fourth-order valence-corrected chi connectivity index (χ4v) is 9.43. The van der Waals surface area contributed by atoms with Gasteiger partial charge in [0.2, 0.25) is 5.91 Å². The summed E-state index contributed by atoms with van der Waals surface area (Å²) in [4.78, 5) is 26.9. The van der Waals surface area contributed by atoms with Crippen molar-refractivity contribution >= 4 is 17.9 Å². The van der Waals surface area contributed by atoms with Crippen molar-refractivity contribution in [3.05, 3.63) is 59.7 Å². The van der Waals surface area contributed by atoms with Crippen LogP contribution in [0.5, 0.6) is 5.75 Å². The third-order valence-corrected chi connectivity index (χ3v) is 12.2. The van der Waals surface area contributed by atoms with Gasteiger partial charge in [-0.1, -0.05) is 29.8 Å². The highest BCUT2D eigenvalue weighted by atomic mass is 32.2. The van der Waals surface area contributed by atoms with Crippen molar-refractivity contribution in [1.82, 2.24) is 4.90 Å². The minimum absolute atomic E-state index is 0.0753. The molecule has 0 spiro atoms. The van der Waals surface area contributed by atoms with E-state index in [1.807, 2.05) is 31.2 Å². The smallest absolute Gasteiger partial charge is 0.220 e. The molecule has 1 heterocycles. The van der Waals surface area contributed by atoms with Crippen LogP contribution in [0.2, 0.25) is 0 Å². The maximum Gasteiger partial charge on any atom is 0.220 e. The van der Waals surface area contributed by atoms with Gasteiger partial charge in [0.15, 0.2) is 0 Å². The topological polar surface area (TPSA) is 94.3 Å². The van der Waals surface area contributed by atoms with Crippen LogP contribution in [0.4, 0.5) is 0 Å². The van der Waals surface area contributed by atoms with Crippen LogP contribution < -0.4 is 10.5 Å². The monoisotopic (exact) mass is 664 g/mol. The van der Waals surface area contributed by atoms with Crippen molar-refractivity contribution in [2.75, 3.05) is 26.2 Å². The molecule has 258 valence electrons. The number of carbonyl (C=O) groups is 1. The van der Waals surface area contributed by atoms with Crippen molar-refractivity contribution in [1.29, 1.82) is 0 Å². The van der Waals surface area contributed by atoms with Gasteiger partial charge in [0.25, 0.3) is 0 Å². The number of aryl methyl sites for hydroxylation is 1. The van der Waals surface area contributed by atoms with Crippen molar-refractivity contribution in [2.45, 2.75) is 113 Å². The summed E-state index contributed by atoms with van der Waals surface area (Å²) in [6.07, 6.45) is 16.2. The summed E-state index contributed by atoms with van der Waals surface area (Å²) in [6, 6.07) is 16.5. The zero-order chi connectivity index (χ0) is 32.6. The summed E-state index contributed by atoms with van der Waals surface area (Å²) >= 11 is 0.777. The Morgan fingerprint density at radius 3 is 2.06 bits per heavy atom. The number of primary amides is 1. The number of nitrogens with zero attached hydrogens (tertiary/aromatic N) is 1. The molecule has 3 N–H and O–H groups in total. The van der Waals surface area contributed by atoms with Gasteiger partial charge >= 0.3 is 0 Å². The third-order valence-electron chi connectivity index (χ3n) is 11.7. The number of piperidine rings is 1. The molecular weight excluding hydrogens is 609 g/mol. The van der Waals surface area contributed by atoms with Crippen LogP contribution in [0, 0.1) is 36.5 Å². The van der Waals surface area contributed by atoms with Gasteiger partial charge in [-0.15, -0.1) is 0 Å². The van der Waals surface area contributed by atoms with E-state index in [-0.39, 0.29) is 17.9 Å². The van der Waals surface area contributed by atoms with Gasteiger partial charge in [0, 0.05) is 22.9 Å². The van der Waals surface area contributed by atoms with Gasteiger partial charge in [0.1, 0.15) is 5.75 Å². The van der Waals surface area contributed by atoms with Crippen LogP contribution in [0.25, 0.3) is 0 Å². The van der Waals surface area contributed by atoms with E-state index in [0.29, 0.717) is 12.0 Å². The highest BCUT2D eigenvalue weighted by Gasteiger charge is 2.49. The lowest BCUT2D eigenvalue weighted by atomic mass is 9.55. The second-order valence-corrected chi connectivity index (χ2v) is 15.8. The number of amides is 1. The van der Waals surface area contributed by atoms with Crippen molar-refractivity contribution in [3.8, 4) is 5.75 Å². The van der Waals surface area contributed by atoms with Gasteiger partial charge in [0.05, 0.1) is 18.8 Å². The Bertz CT molecular complexity index is 1210. The first-order chi connectivity index (χ1) is 22.9. The van der Waals surface area contributed by atoms with Gasteiger partial charge < -0.3 is 19.9 Å². The molecule has 0 aromatic heterocycles. The molecule has 6 aliphatic rings. The molecular formula is C39H56N2O5S. The van der Waals surface area contributed by atoms with Crippen LogP contribution in [0.15, 0.2) is 53.4 Å². The van der Waals surface area contributed by atoms with Crippen LogP contribution in [0.1, 0.15) is 101 Å². The van der Waals surface area contributed by atoms with Crippen molar-refractivity contribution in [2.24, 2.45) is 35.3 Å². The molecule has 5 aliphatic carbocycles. The summed E-state index contributed by atoms with van der Waals surface area (Å²) in [5.41, 5.74) is 8.08. The van der Waals surface area contributed by atoms with Gasteiger partial charge in [-0.05, 0) is 169 Å². The average Bonchev–Trinajstić information content (AvgIpc) is 3.09. The molecule has 1 amide bonds. The quantitative estimate of drug-likeness (QED) is 0.102. The molecule has 8 rings (SSSR count). The number of ether oxygens (including phenoxy) is 1. The molecule has 0 unspecified atom stereocenters. The largest absolute Gasteiger partial charge is 0.494 e. The molecule has 2 aromatic carbocycles. The zero-order valence-electron chi connectivity index (χ0n) is 28.3. The van der Waals surface area contributed by atoms with E-state index in [9.17, 15) is 4.79 Å². The Balaban J connectivity index is 0.000000373. The highest BCUT2D eigenvalue weighted by Crippen LogP contribution is 2.54. The number of benzene rings is 2. The number of hydrogen-bond acceptors (Lipinski definition) is 7. The lowest BCUT2D eigenvalue weighted by Gasteiger charge is -2.53. The molecule has 7 nitrogen and oxygen atoms in total. The number of hydrogen-bond donors (Lipinski definition) is 2. The fraction of sp³-hybridized carbons (Fsp3) is 0.667. The summed E-state index contributed by atoms with van der Waals surface area (Å²) in [6.45, 7) is 5.82. The van der Waals surface area contributed by atoms with E-state index in [0.717, 1.165) is 111 Å². The summed E-state index contributed by atoms with van der Waals surface area (Å²) < 4.78 is 14.6. The van der Waals surface area contributed by atoms with Crippen molar-refractivity contribution < 1.29 is 23.9 Å². The maximum atomic E-state index is 11.3. The van der Waals surface area contributed by atoms with Crippen LogP contribution in [-0.4, -0.2) is 53.8 Å². The summed E-state index contributed by atoms with van der Waals surface area (Å²) in [5, 5.41) is 0. The van der Waals surface area contributed by atoms with Gasteiger partial charge in [-0.2, -0.15) is 0 Å². The standard InChI is InChI=1S/C32H48N2O4.C7H8OS/c33-32(35)26-11-14-34(15-12-26)13-1-2-16-36-29-7-3-24(4-8-29)25-5-9-30(10-6-25)37-38-31-27-18-22-17-23(20-27)21-28(31)19-22;1-6-2-4-7(9-8)5-3-6/h3-4,7-8,22-23,25-28,30-31H,1-2,5-6,9-21H2,(H2,33,35);2-5,8H,1H3. The first-order valence-electron chi connectivity index (χ1n) is 18.4. The van der Waals surface area contributed by atoms with Gasteiger partial charge in [-0.25, -0.2) is 9.78 Å². The van der Waals surface area contributed by atoms with Crippen LogP contribution in [-0.2, 0) is 14.6 Å². The molecule has 0 radical (unpaired) electrons. The van der Waals surface area contributed by atoms with Crippen LogP contribution >= 0.6 is 12.0 Å². The first-order valence-corrected chi connectivity index (χ1v) is 19.2. The first kappa shape index (κ1) is 34.8. The highest BCUT2D eigenvalue weighted by molar-refractivity contribution is 7.93. The molecule has 4 bridgehead atoms. The number of likely N-dealkylation sites (tertiary alicyclic amines) is 1. The lowest BCUT2D eigenvalue weighted by Crippen LogP contribution is -2.49. The minimum atomic E-state index is -0.136. The number of nitrogens with two attached hydrogens (primary N) is 1. The van der Waals surface area contributed by atoms with E-state index in [2.05, 4.69) is 29.2 Å². The molecule has 5 saturated carbocycles. The molecule has 1 saturated heterocycles. The molecule has 8 heteroatoms. The molecule has 1 aliphatic heterocycles. The number of unbranched alkanes of at least 4 members (excludes halogenated alkanes) is 1. The molecule has 2 aromatic rings. The Morgan fingerprint density at radius 2 is 1.47 bits per heavy atom. The normalized spacial score (nSPS) is 30.5.